The number of carbonyl (C=O) groups is 1. The van der Waals surface area contributed by atoms with E-state index in [1.54, 1.807) is 18.2 Å². The SMILES string of the molecule is CC1CC1C(=O)Nc1cccc(NS(N)(=O)=O)c1. The van der Waals surface area contributed by atoms with Crippen LogP contribution in [0.15, 0.2) is 24.3 Å². The van der Waals surface area contributed by atoms with Gasteiger partial charge in [-0.05, 0) is 30.5 Å². The molecule has 0 saturated heterocycles. The van der Waals surface area contributed by atoms with Gasteiger partial charge in [-0.1, -0.05) is 13.0 Å². The monoisotopic (exact) mass is 269 g/mol. The van der Waals surface area contributed by atoms with Crippen LogP contribution in [-0.4, -0.2) is 14.3 Å². The van der Waals surface area contributed by atoms with Gasteiger partial charge in [0.15, 0.2) is 0 Å². The molecule has 6 nitrogen and oxygen atoms in total. The van der Waals surface area contributed by atoms with Gasteiger partial charge in [0, 0.05) is 11.6 Å². The maximum Gasteiger partial charge on any atom is 0.296 e. The van der Waals surface area contributed by atoms with Crippen molar-refractivity contribution in [2.75, 3.05) is 10.0 Å². The van der Waals surface area contributed by atoms with E-state index in [0.717, 1.165) is 6.42 Å². The van der Waals surface area contributed by atoms with Crippen molar-refractivity contribution in [3.63, 3.8) is 0 Å². The number of carbonyl (C=O) groups excluding carboxylic acids is 1. The molecular weight excluding hydrogens is 254 g/mol. The number of nitrogens with one attached hydrogen (secondary N) is 2. The molecule has 1 aliphatic rings. The fourth-order valence-corrected chi connectivity index (χ4v) is 2.20. The number of amides is 1. The van der Waals surface area contributed by atoms with Gasteiger partial charge in [0.25, 0.3) is 10.2 Å². The van der Waals surface area contributed by atoms with E-state index in [9.17, 15) is 13.2 Å². The smallest absolute Gasteiger partial charge is 0.296 e. The minimum absolute atomic E-state index is 0.0322. The molecule has 0 spiro atoms. The summed E-state index contributed by atoms with van der Waals surface area (Å²) in [5.74, 6) is 0.464. The number of anilines is 2. The van der Waals surface area contributed by atoms with Crippen molar-refractivity contribution < 1.29 is 13.2 Å². The molecule has 1 fully saturated rings. The zero-order valence-electron chi connectivity index (χ0n) is 9.88. The van der Waals surface area contributed by atoms with Gasteiger partial charge in [0.05, 0.1) is 5.69 Å². The van der Waals surface area contributed by atoms with Gasteiger partial charge < -0.3 is 5.32 Å². The molecule has 1 aromatic carbocycles. The Morgan fingerprint density at radius 2 is 2.00 bits per heavy atom. The topological polar surface area (TPSA) is 101 Å². The Morgan fingerprint density at radius 1 is 1.39 bits per heavy atom. The second-order valence-electron chi connectivity index (χ2n) is 4.54. The molecule has 0 aromatic heterocycles. The average molecular weight is 269 g/mol. The van der Waals surface area contributed by atoms with Gasteiger partial charge in [0.2, 0.25) is 5.91 Å². The zero-order valence-corrected chi connectivity index (χ0v) is 10.7. The van der Waals surface area contributed by atoms with Crippen LogP contribution < -0.4 is 15.2 Å². The molecule has 1 aliphatic carbocycles. The van der Waals surface area contributed by atoms with Crippen LogP contribution in [-0.2, 0) is 15.0 Å². The quantitative estimate of drug-likeness (QED) is 0.756. The Hall–Kier alpha value is -1.60. The molecule has 0 bridgehead atoms. The first-order valence-corrected chi connectivity index (χ1v) is 7.11. The van der Waals surface area contributed by atoms with Gasteiger partial charge in [-0.15, -0.1) is 0 Å². The van der Waals surface area contributed by atoms with E-state index < -0.39 is 10.2 Å². The molecule has 0 heterocycles. The van der Waals surface area contributed by atoms with E-state index in [-0.39, 0.29) is 11.8 Å². The van der Waals surface area contributed by atoms with E-state index in [4.69, 9.17) is 5.14 Å². The summed E-state index contributed by atoms with van der Waals surface area (Å²) in [6, 6.07) is 6.41. The molecule has 2 atom stereocenters. The van der Waals surface area contributed by atoms with Gasteiger partial charge in [-0.2, -0.15) is 8.42 Å². The molecule has 18 heavy (non-hydrogen) atoms. The van der Waals surface area contributed by atoms with Crippen molar-refractivity contribution in [3.05, 3.63) is 24.3 Å². The summed E-state index contributed by atoms with van der Waals surface area (Å²) < 4.78 is 23.9. The Kier molecular flexibility index (Phi) is 3.27. The summed E-state index contributed by atoms with van der Waals surface area (Å²) in [6.45, 7) is 2.02. The highest BCUT2D eigenvalue weighted by Crippen LogP contribution is 2.38. The number of rotatable bonds is 4. The minimum Gasteiger partial charge on any atom is -0.326 e. The number of benzene rings is 1. The van der Waals surface area contributed by atoms with E-state index in [2.05, 4.69) is 10.0 Å². The maximum atomic E-state index is 11.7. The Labute approximate surface area is 106 Å². The first-order chi connectivity index (χ1) is 8.35. The van der Waals surface area contributed by atoms with E-state index in [0.29, 0.717) is 17.3 Å². The van der Waals surface area contributed by atoms with Gasteiger partial charge in [-0.25, -0.2) is 5.14 Å². The summed E-state index contributed by atoms with van der Waals surface area (Å²) in [5.41, 5.74) is 0.867. The first-order valence-electron chi connectivity index (χ1n) is 5.56. The first kappa shape index (κ1) is 12.8. The molecule has 7 heteroatoms. The summed E-state index contributed by atoms with van der Waals surface area (Å²) in [7, 11) is -3.80. The van der Waals surface area contributed by atoms with Crippen molar-refractivity contribution in [1.82, 2.24) is 0 Å². The van der Waals surface area contributed by atoms with Crippen LogP contribution in [0.1, 0.15) is 13.3 Å². The number of hydrogen-bond donors (Lipinski definition) is 3. The lowest BCUT2D eigenvalue weighted by Gasteiger charge is -2.07. The second kappa shape index (κ2) is 4.58. The highest BCUT2D eigenvalue weighted by atomic mass is 32.2. The lowest BCUT2D eigenvalue weighted by Crippen LogP contribution is -2.21. The van der Waals surface area contributed by atoms with E-state index in [1.165, 1.54) is 6.07 Å². The Balaban J connectivity index is 2.05. The van der Waals surface area contributed by atoms with Crippen LogP contribution in [0, 0.1) is 11.8 Å². The van der Waals surface area contributed by atoms with Crippen molar-refractivity contribution in [2.45, 2.75) is 13.3 Å². The summed E-state index contributed by atoms with van der Waals surface area (Å²) in [4.78, 5) is 11.7. The molecule has 0 aliphatic heterocycles. The van der Waals surface area contributed by atoms with E-state index in [1.807, 2.05) is 6.92 Å². The van der Waals surface area contributed by atoms with E-state index >= 15 is 0 Å². The molecule has 4 N–H and O–H groups in total. The molecule has 1 aromatic rings. The van der Waals surface area contributed by atoms with Crippen molar-refractivity contribution in [3.8, 4) is 0 Å². The molecule has 0 radical (unpaired) electrons. The van der Waals surface area contributed by atoms with Crippen molar-refractivity contribution in [1.29, 1.82) is 0 Å². The number of nitrogens with two attached hydrogens (primary N) is 1. The predicted octanol–water partition coefficient (Wildman–Crippen LogP) is 0.896. The summed E-state index contributed by atoms with van der Waals surface area (Å²) in [5, 5.41) is 7.61. The third-order valence-electron chi connectivity index (χ3n) is 2.84. The Bertz CT molecular complexity index is 571. The predicted molar refractivity (Wildman–Crippen MR) is 69.1 cm³/mol. The summed E-state index contributed by atoms with van der Waals surface area (Å²) in [6.07, 6.45) is 0.904. The lowest BCUT2D eigenvalue weighted by molar-refractivity contribution is -0.117. The maximum absolute atomic E-state index is 11.7. The third kappa shape index (κ3) is 3.44. The lowest BCUT2D eigenvalue weighted by atomic mass is 10.2. The molecule has 98 valence electrons. The van der Waals surface area contributed by atoms with Gasteiger partial charge in [-0.3, -0.25) is 9.52 Å². The zero-order chi connectivity index (χ0) is 13.3. The molecular formula is C11H15N3O3S. The second-order valence-corrected chi connectivity index (χ2v) is 5.83. The van der Waals surface area contributed by atoms with Gasteiger partial charge in [0.1, 0.15) is 0 Å². The Morgan fingerprint density at radius 3 is 2.56 bits per heavy atom. The highest BCUT2D eigenvalue weighted by molar-refractivity contribution is 7.90. The van der Waals surface area contributed by atoms with Crippen LogP contribution >= 0.6 is 0 Å². The largest absolute Gasteiger partial charge is 0.326 e. The van der Waals surface area contributed by atoms with Crippen LogP contribution in [0.25, 0.3) is 0 Å². The van der Waals surface area contributed by atoms with Crippen LogP contribution in [0.5, 0.6) is 0 Å². The molecule has 1 amide bonds. The van der Waals surface area contributed by atoms with Crippen LogP contribution in [0.4, 0.5) is 11.4 Å². The fraction of sp³-hybridized carbons (Fsp3) is 0.364. The van der Waals surface area contributed by atoms with Gasteiger partial charge >= 0.3 is 0 Å². The minimum atomic E-state index is -3.80. The third-order valence-corrected chi connectivity index (χ3v) is 3.36. The fourth-order valence-electron chi connectivity index (χ4n) is 1.75. The molecule has 1 saturated carbocycles. The molecule has 2 rings (SSSR count). The van der Waals surface area contributed by atoms with Crippen LogP contribution in [0.2, 0.25) is 0 Å². The number of hydrogen-bond acceptors (Lipinski definition) is 3. The van der Waals surface area contributed by atoms with Crippen molar-refractivity contribution in [2.24, 2.45) is 17.0 Å². The summed E-state index contributed by atoms with van der Waals surface area (Å²) >= 11 is 0. The van der Waals surface area contributed by atoms with Crippen molar-refractivity contribution >= 4 is 27.5 Å². The normalized spacial score (nSPS) is 22.3. The highest BCUT2D eigenvalue weighted by Gasteiger charge is 2.39. The average Bonchev–Trinajstić information content (AvgIpc) is 2.93. The molecule has 2 unspecified atom stereocenters. The van der Waals surface area contributed by atoms with Crippen LogP contribution in [0.3, 0.4) is 0 Å². The standard InChI is InChI=1S/C11H15N3O3S/c1-7-5-10(7)11(15)13-8-3-2-4-9(6-8)14-18(12,16)17/h2-4,6-7,10,14H,5H2,1H3,(H,13,15)(H2,12,16,17).